The molecule has 13 heavy (non-hydrogen) atoms. The molecule has 1 rings (SSSR count). The van der Waals surface area contributed by atoms with E-state index in [-0.39, 0.29) is 17.5 Å². The molecule has 1 aromatic heterocycles. The first-order valence-electron chi connectivity index (χ1n) is 3.39. The van der Waals surface area contributed by atoms with E-state index in [1.165, 1.54) is 19.6 Å². The number of hydrogen-bond acceptors (Lipinski definition) is 5. The van der Waals surface area contributed by atoms with Crippen LogP contribution in [0.1, 0.15) is 0 Å². The second-order valence-corrected chi connectivity index (χ2v) is 2.45. The zero-order valence-corrected chi connectivity index (χ0v) is 7.61. The van der Waals surface area contributed by atoms with Gasteiger partial charge in [-0.2, -0.15) is 0 Å². The zero-order valence-electron chi connectivity index (χ0n) is 6.86. The summed E-state index contributed by atoms with van der Waals surface area (Å²) in [5, 5.41) is 0.256. The highest BCUT2D eigenvalue weighted by Gasteiger charge is 2.05. The van der Waals surface area contributed by atoms with Crippen molar-refractivity contribution in [1.29, 1.82) is 0 Å². The largest absolute Gasteiger partial charge is 0.466 e. The minimum absolute atomic E-state index is 0.169. The van der Waals surface area contributed by atoms with Crippen molar-refractivity contribution in [3.63, 3.8) is 0 Å². The number of nitrogens with zero attached hydrogens (tertiary/aromatic N) is 2. The van der Waals surface area contributed by atoms with Gasteiger partial charge in [0.25, 0.3) is 0 Å². The van der Waals surface area contributed by atoms with Crippen LogP contribution in [0.5, 0.6) is 5.88 Å². The molecule has 0 atom stereocenters. The highest BCUT2D eigenvalue weighted by Crippen LogP contribution is 2.18. The van der Waals surface area contributed by atoms with E-state index in [2.05, 4.69) is 14.7 Å². The van der Waals surface area contributed by atoms with Gasteiger partial charge in [0, 0.05) is 0 Å². The standard InChI is InChI=1S/C7H7ClN2O3/c1-12-6(11)3-13-7-5(8)2-9-4-10-7/h2,4H,3H2,1H3. The molecule has 0 fully saturated rings. The predicted octanol–water partition coefficient (Wildman–Crippen LogP) is 0.682. The van der Waals surface area contributed by atoms with E-state index >= 15 is 0 Å². The molecule has 0 unspecified atom stereocenters. The number of aromatic nitrogens is 2. The average molecular weight is 203 g/mol. The lowest BCUT2D eigenvalue weighted by molar-refractivity contribution is -0.143. The highest BCUT2D eigenvalue weighted by atomic mass is 35.5. The molecule has 1 heterocycles. The van der Waals surface area contributed by atoms with E-state index in [1.54, 1.807) is 0 Å². The van der Waals surface area contributed by atoms with Crippen molar-refractivity contribution in [3.8, 4) is 5.88 Å². The van der Waals surface area contributed by atoms with Crippen molar-refractivity contribution in [2.45, 2.75) is 0 Å². The molecule has 0 aliphatic heterocycles. The lowest BCUT2D eigenvalue weighted by Crippen LogP contribution is -2.13. The van der Waals surface area contributed by atoms with Crippen LogP contribution in [0.15, 0.2) is 12.5 Å². The first-order chi connectivity index (χ1) is 6.24. The lowest BCUT2D eigenvalue weighted by atomic mass is 10.6. The Hall–Kier alpha value is -1.36. The van der Waals surface area contributed by atoms with E-state index in [1.807, 2.05) is 0 Å². The van der Waals surface area contributed by atoms with Crippen LogP contribution in [0.25, 0.3) is 0 Å². The van der Waals surface area contributed by atoms with Gasteiger partial charge < -0.3 is 9.47 Å². The maximum absolute atomic E-state index is 10.7. The van der Waals surface area contributed by atoms with Gasteiger partial charge in [-0.1, -0.05) is 11.6 Å². The smallest absolute Gasteiger partial charge is 0.343 e. The molecule has 0 aliphatic rings. The van der Waals surface area contributed by atoms with Gasteiger partial charge in [0.05, 0.1) is 13.3 Å². The number of rotatable bonds is 3. The van der Waals surface area contributed by atoms with Gasteiger partial charge in [-0.05, 0) is 0 Å². The summed E-state index contributed by atoms with van der Waals surface area (Å²) >= 11 is 5.65. The first-order valence-corrected chi connectivity index (χ1v) is 3.77. The summed E-state index contributed by atoms with van der Waals surface area (Å²) in [6.45, 7) is -0.215. The predicted molar refractivity (Wildman–Crippen MR) is 44.6 cm³/mol. The Morgan fingerprint density at radius 1 is 1.69 bits per heavy atom. The van der Waals surface area contributed by atoms with Crippen LogP contribution in [-0.2, 0) is 9.53 Å². The fourth-order valence-electron chi connectivity index (χ4n) is 0.594. The summed E-state index contributed by atoms with van der Waals surface area (Å²) in [6.07, 6.45) is 2.65. The summed E-state index contributed by atoms with van der Waals surface area (Å²) in [7, 11) is 1.27. The number of halogens is 1. The van der Waals surface area contributed by atoms with E-state index in [0.717, 1.165) is 0 Å². The molecule has 1 aromatic rings. The second kappa shape index (κ2) is 4.61. The summed E-state index contributed by atoms with van der Waals surface area (Å²) in [4.78, 5) is 18.0. The van der Waals surface area contributed by atoms with Gasteiger partial charge in [0.15, 0.2) is 6.61 Å². The molecule has 6 heteroatoms. The highest BCUT2D eigenvalue weighted by molar-refractivity contribution is 6.31. The maximum Gasteiger partial charge on any atom is 0.343 e. The van der Waals surface area contributed by atoms with Crippen molar-refractivity contribution in [3.05, 3.63) is 17.5 Å². The van der Waals surface area contributed by atoms with E-state index in [4.69, 9.17) is 16.3 Å². The molecule has 0 radical (unpaired) electrons. The van der Waals surface area contributed by atoms with Gasteiger partial charge in [-0.3, -0.25) is 0 Å². The fraction of sp³-hybridized carbons (Fsp3) is 0.286. The number of carbonyl (C=O) groups excluding carboxylic acids is 1. The molecule has 0 bridgehead atoms. The Bertz CT molecular complexity index is 306. The van der Waals surface area contributed by atoms with Crippen LogP contribution in [0, 0.1) is 0 Å². The molecule has 0 aromatic carbocycles. The number of esters is 1. The summed E-state index contributed by atoms with van der Waals surface area (Å²) in [5.74, 6) is -0.322. The Balaban J connectivity index is 2.54. The molecule has 0 aliphatic carbocycles. The van der Waals surface area contributed by atoms with Crippen molar-refractivity contribution < 1.29 is 14.3 Å². The Morgan fingerprint density at radius 3 is 3.08 bits per heavy atom. The average Bonchev–Trinajstić information content (AvgIpc) is 2.16. The SMILES string of the molecule is COC(=O)COc1ncncc1Cl. The normalized spacial score (nSPS) is 9.38. The Labute approximate surface area is 79.7 Å². The minimum atomic E-state index is -0.491. The van der Waals surface area contributed by atoms with Gasteiger partial charge >= 0.3 is 5.97 Å². The van der Waals surface area contributed by atoms with Gasteiger partial charge in [0.1, 0.15) is 11.3 Å². The molecular weight excluding hydrogens is 196 g/mol. The monoisotopic (exact) mass is 202 g/mol. The van der Waals surface area contributed by atoms with Crippen LogP contribution < -0.4 is 4.74 Å². The van der Waals surface area contributed by atoms with Crippen LogP contribution in [-0.4, -0.2) is 29.7 Å². The summed E-state index contributed by atoms with van der Waals surface area (Å²) in [6, 6.07) is 0. The van der Waals surface area contributed by atoms with Crippen LogP contribution in [0.3, 0.4) is 0 Å². The zero-order chi connectivity index (χ0) is 9.68. The van der Waals surface area contributed by atoms with Crippen LogP contribution in [0.2, 0.25) is 5.02 Å². The summed E-state index contributed by atoms with van der Waals surface area (Å²) < 4.78 is 9.29. The molecule has 5 nitrogen and oxygen atoms in total. The molecule has 0 spiro atoms. The van der Waals surface area contributed by atoms with Crippen LogP contribution in [0.4, 0.5) is 0 Å². The van der Waals surface area contributed by atoms with Crippen LogP contribution >= 0.6 is 11.6 Å². The number of carbonyl (C=O) groups is 1. The van der Waals surface area contributed by atoms with Gasteiger partial charge in [-0.25, -0.2) is 14.8 Å². The Kier molecular flexibility index (Phi) is 3.45. The topological polar surface area (TPSA) is 61.3 Å². The Morgan fingerprint density at radius 2 is 2.46 bits per heavy atom. The number of ether oxygens (including phenoxy) is 2. The third-order valence-corrected chi connectivity index (χ3v) is 1.45. The molecule has 0 saturated heterocycles. The lowest BCUT2D eigenvalue weighted by Gasteiger charge is -2.03. The van der Waals surface area contributed by atoms with Crippen molar-refractivity contribution in [1.82, 2.24) is 9.97 Å². The third-order valence-electron chi connectivity index (χ3n) is 1.19. The third kappa shape index (κ3) is 2.87. The molecule has 0 amide bonds. The molecule has 70 valence electrons. The van der Waals surface area contributed by atoms with Crippen molar-refractivity contribution in [2.75, 3.05) is 13.7 Å². The molecule has 0 saturated carbocycles. The minimum Gasteiger partial charge on any atom is -0.466 e. The molecule has 0 N–H and O–H groups in total. The van der Waals surface area contributed by atoms with E-state index in [9.17, 15) is 4.79 Å². The first kappa shape index (κ1) is 9.73. The van der Waals surface area contributed by atoms with Gasteiger partial charge in [0.2, 0.25) is 5.88 Å². The van der Waals surface area contributed by atoms with Gasteiger partial charge in [-0.15, -0.1) is 0 Å². The summed E-state index contributed by atoms with van der Waals surface area (Å²) in [5.41, 5.74) is 0. The maximum atomic E-state index is 10.7. The van der Waals surface area contributed by atoms with Crippen molar-refractivity contribution in [2.24, 2.45) is 0 Å². The number of hydrogen-bond donors (Lipinski definition) is 0. The van der Waals surface area contributed by atoms with Crippen molar-refractivity contribution >= 4 is 17.6 Å². The van der Waals surface area contributed by atoms with E-state index in [0.29, 0.717) is 0 Å². The number of methoxy groups -OCH3 is 1. The molecular formula is C7H7ClN2O3. The quantitative estimate of drug-likeness (QED) is 0.675. The second-order valence-electron chi connectivity index (χ2n) is 2.04. The fourth-order valence-corrected chi connectivity index (χ4v) is 0.754. The van der Waals surface area contributed by atoms with E-state index < -0.39 is 5.97 Å².